The van der Waals surface area contributed by atoms with Gasteiger partial charge in [-0.15, -0.1) is 0 Å². The number of ketones is 1. The number of methoxy groups -OCH3 is 1. The van der Waals surface area contributed by atoms with Crippen molar-refractivity contribution < 1.29 is 33.2 Å². The Kier molecular flexibility index (Phi) is 4.08. The van der Waals surface area contributed by atoms with Crippen LogP contribution in [0.15, 0.2) is 30.1 Å². The van der Waals surface area contributed by atoms with E-state index in [-0.39, 0.29) is 19.0 Å². The van der Waals surface area contributed by atoms with E-state index >= 15 is 0 Å². The van der Waals surface area contributed by atoms with Crippen molar-refractivity contribution in [1.29, 1.82) is 0 Å². The van der Waals surface area contributed by atoms with E-state index in [1.807, 2.05) is 0 Å². The molecule has 0 fully saturated rings. The minimum atomic E-state index is -1.07. The van der Waals surface area contributed by atoms with Crippen molar-refractivity contribution >= 4 is 11.9 Å². The second-order valence-electron chi connectivity index (χ2n) is 8.13. The summed E-state index contributed by atoms with van der Waals surface area (Å²) in [7, 11) is 1.51. The van der Waals surface area contributed by atoms with Crippen LogP contribution in [0.3, 0.4) is 0 Å². The van der Waals surface area contributed by atoms with Gasteiger partial charge in [-0.05, 0) is 44.2 Å². The summed E-state index contributed by atoms with van der Waals surface area (Å²) in [6.45, 7) is 3.23. The molecule has 0 saturated heterocycles. The smallest absolute Gasteiger partial charge is 0.178 e. The number of aliphatic hydroxyl groups is 1. The SMILES string of the molecule is COc1cc2c(cc1CO)OC[C@H]1Oc3c(ccc4c3C=C([18F])C(C)(C)O4)C(=O)[C@@H]21. The zero-order chi connectivity index (χ0) is 21.2. The van der Waals surface area contributed by atoms with Crippen LogP contribution in [0.25, 0.3) is 6.08 Å². The van der Waals surface area contributed by atoms with Crippen molar-refractivity contribution in [2.24, 2.45) is 0 Å². The molecule has 0 amide bonds. The second kappa shape index (κ2) is 6.47. The van der Waals surface area contributed by atoms with Crippen molar-refractivity contribution in [2.75, 3.05) is 13.7 Å². The van der Waals surface area contributed by atoms with Crippen LogP contribution in [-0.2, 0) is 6.61 Å². The molecule has 3 aliphatic rings. The lowest BCUT2D eigenvalue weighted by atomic mass is 9.80. The Balaban J connectivity index is 1.62. The maximum Gasteiger partial charge on any atom is 0.178 e. The highest BCUT2D eigenvalue weighted by atomic mass is 18.2. The average Bonchev–Trinajstić information content (AvgIpc) is 2.73. The van der Waals surface area contributed by atoms with E-state index in [2.05, 4.69) is 0 Å². The van der Waals surface area contributed by atoms with Crippen molar-refractivity contribution in [3.63, 3.8) is 0 Å². The highest BCUT2D eigenvalue weighted by Gasteiger charge is 2.45. The molecule has 30 heavy (non-hydrogen) atoms. The van der Waals surface area contributed by atoms with Gasteiger partial charge >= 0.3 is 0 Å². The molecule has 0 bridgehead atoms. The third-order valence-corrected chi connectivity index (χ3v) is 5.88. The van der Waals surface area contributed by atoms with Gasteiger partial charge in [0, 0.05) is 11.1 Å². The molecule has 0 aliphatic carbocycles. The van der Waals surface area contributed by atoms with Gasteiger partial charge in [0.05, 0.1) is 30.8 Å². The maximum atomic E-state index is 14.5. The highest BCUT2D eigenvalue weighted by molar-refractivity contribution is 6.06. The molecule has 3 aliphatic heterocycles. The zero-order valence-corrected chi connectivity index (χ0v) is 16.8. The summed E-state index contributed by atoms with van der Waals surface area (Å²) in [6.07, 6.45) is 0.805. The molecule has 0 spiro atoms. The third-order valence-electron chi connectivity index (χ3n) is 5.88. The number of benzene rings is 2. The lowest BCUT2D eigenvalue weighted by Crippen LogP contribution is -2.43. The summed E-state index contributed by atoms with van der Waals surface area (Å²) in [4.78, 5) is 13.5. The van der Waals surface area contributed by atoms with E-state index in [0.717, 1.165) is 0 Å². The van der Waals surface area contributed by atoms with Gasteiger partial charge in [-0.25, -0.2) is 4.39 Å². The van der Waals surface area contributed by atoms with Crippen molar-refractivity contribution in [1.82, 2.24) is 0 Å². The minimum absolute atomic E-state index is 0.133. The normalized spacial score (nSPS) is 22.8. The molecule has 0 radical (unpaired) electrons. The Labute approximate surface area is 172 Å². The molecule has 0 saturated carbocycles. The summed E-state index contributed by atoms with van der Waals surface area (Å²) in [5, 5.41) is 9.56. The standard InChI is InChI=1S/C23H21FO6/c1-23(2)19(24)8-14-15(30-23)5-4-12-21(26)20-13-7-16(27-3)11(9-25)6-17(13)28-10-18(20)29-22(12)14/h4-8,18,20,25H,9-10H2,1-3H3/t18-,20+/m1/s1/i24-1. The number of fused-ring (bicyclic) bond motifs is 6. The lowest BCUT2D eigenvalue weighted by Gasteiger charge is -2.39. The molecule has 6 nitrogen and oxygen atoms in total. The van der Waals surface area contributed by atoms with Crippen molar-refractivity contribution in [2.45, 2.75) is 38.1 Å². The van der Waals surface area contributed by atoms with Gasteiger partial charge in [-0.1, -0.05) is 0 Å². The molecule has 0 aromatic heterocycles. The molecular formula is C23H21FO6. The summed E-state index contributed by atoms with van der Waals surface area (Å²) >= 11 is 0. The molecule has 2 atom stereocenters. The van der Waals surface area contributed by atoms with E-state index in [9.17, 15) is 14.3 Å². The Morgan fingerprint density at radius 1 is 1.27 bits per heavy atom. The van der Waals surface area contributed by atoms with Gasteiger partial charge in [0.15, 0.2) is 11.4 Å². The largest absolute Gasteiger partial charge is 0.496 e. The van der Waals surface area contributed by atoms with Gasteiger partial charge in [0.25, 0.3) is 0 Å². The lowest BCUT2D eigenvalue weighted by molar-refractivity contribution is 0.0549. The predicted octanol–water partition coefficient (Wildman–Crippen LogP) is 3.79. The first-order valence-electron chi connectivity index (χ1n) is 9.73. The van der Waals surface area contributed by atoms with Crippen molar-refractivity contribution in [3.05, 3.63) is 52.3 Å². The summed E-state index contributed by atoms with van der Waals surface area (Å²) in [5.74, 6) is 0.628. The van der Waals surface area contributed by atoms with Crippen LogP contribution in [0.2, 0.25) is 0 Å². The summed E-state index contributed by atoms with van der Waals surface area (Å²) < 4.78 is 37.7. The topological polar surface area (TPSA) is 74.2 Å². The fourth-order valence-corrected chi connectivity index (χ4v) is 4.25. The van der Waals surface area contributed by atoms with E-state index < -0.39 is 23.4 Å². The molecule has 0 unspecified atom stereocenters. The number of rotatable bonds is 2. The van der Waals surface area contributed by atoms with Crippen LogP contribution in [-0.4, -0.2) is 36.3 Å². The number of carbonyl (C=O) groups is 1. The molecular weight excluding hydrogens is 390 g/mol. The molecule has 156 valence electrons. The van der Waals surface area contributed by atoms with Crippen LogP contribution in [0.1, 0.15) is 46.8 Å². The van der Waals surface area contributed by atoms with Crippen LogP contribution >= 0.6 is 0 Å². The molecule has 2 aromatic rings. The fourth-order valence-electron chi connectivity index (χ4n) is 4.25. The molecule has 7 heteroatoms. The average molecular weight is 411 g/mol. The first-order valence-corrected chi connectivity index (χ1v) is 9.73. The van der Waals surface area contributed by atoms with Gasteiger partial charge in [0.2, 0.25) is 0 Å². The Hall–Kier alpha value is -3.06. The molecule has 3 heterocycles. The first kappa shape index (κ1) is 18.9. The maximum absolute atomic E-state index is 14.5. The summed E-state index contributed by atoms with van der Waals surface area (Å²) in [6, 6.07) is 6.74. The zero-order valence-electron chi connectivity index (χ0n) is 16.8. The number of ether oxygens (including phenoxy) is 4. The van der Waals surface area contributed by atoms with E-state index in [0.29, 0.717) is 45.3 Å². The van der Waals surface area contributed by atoms with Gasteiger partial charge in [0.1, 0.15) is 41.5 Å². The monoisotopic (exact) mass is 411 g/mol. The number of hydrogen-bond donors (Lipinski definition) is 1. The molecule has 2 aromatic carbocycles. The quantitative estimate of drug-likeness (QED) is 0.811. The summed E-state index contributed by atoms with van der Waals surface area (Å²) in [5.41, 5.74) is 0.952. The van der Waals surface area contributed by atoms with Crippen LogP contribution in [0.5, 0.6) is 23.0 Å². The van der Waals surface area contributed by atoms with E-state index in [4.69, 9.17) is 18.9 Å². The number of aliphatic hydroxyl groups excluding tert-OH is 1. The van der Waals surface area contributed by atoms with Gasteiger partial charge in [-0.3, -0.25) is 4.79 Å². The fraction of sp³-hybridized carbons (Fsp3) is 0.348. The number of hydrogen-bond acceptors (Lipinski definition) is 6. The predicted molar refractivity (Wildman–Crippen MR) is 106 cm³/mol. The number of carbonyl (C=O) groups excluding carboxylic acids is 1. The highest BCUT2D eigenvalue weighted by Crippen LogP contribution is 2.49. The second-order valence-corrected chi connectivity index (χ2v) is 8.13. The number of halogens is 1. The van der Waals surface area contributed by atoms with Crippen molar-refractivity contribution in [3.8, 4) is 23.0 Å². The Bertz CT molecular complexity index is 1100. The van der Waals surface area contributed by atoms with E-state index in [1.165, 1.54) is 13.2 Å². The third kappa shape index (κ3) is 2.61. The Morgan fingerprint density at radius 2 is 2.07 bits per heavy atom. The Morgan fingerprint density at radius 3 is 2.80 bits per heavy atom. The molecule has 5 rings (SSSR count). The molecule has 1 N–H and O–H groups in total. The number of Topliss-reactive ketones (excluding diaryl/α,β-unsaturated/α-hetero) is 1. The van der Waals surface area contributed by atoms with Gasteiger partial charge < -0.3 is 24.1 Å². The minimum Gasteiger partial charge on any atom is -0.496 e. The first-order chi connectivity index (χ1) is 14.3. The van der Waals surface area contributed by atoms with Crippen LogP contribution in [0, 0.1) is 0 Å². The van der Waals surface area contributed by atoms with Gasteiger partial charge in [-0.2, -0.15) is 0 Å². The van der Waals surface area contributed by atoms with Crippen LogP contribution < -0.4 is 18.9 Å². The van der Waals surface area contributed by atoms with E-state index in [1.54, 1.807) is 38.1 Å². The van der Waals surface area contributed by atoms with Crippen LogP contribution in [0.4, 0.5) is 4.39 Å².